The van der Waals surface area contributed by atoms with Gasteiger partial charge in [0.1, 0.15) is 5.82 Å². The molecular formula is C16H21ClFN. The van der Waals surface area contributed by atoms with Crippen LogP contribution in [0.4, 0.5) is 4.39 Å². The first kappa shape index (κ1) is 14.5. The van der Waals surface area contributed by atoms with Crippen molar-refractivity contribution < 1.29 is 4.39 Å². The number of likely N-dealkylation sites (N-methyl/N-ethyl adjacent to an activating group) is 1. The summed E-state index contributed by atoms with van der Waals surface area (Å²) in [5.41, 5.74) is 1.95. The Morgan fingerprint density at radius 3 is 2.79 bits per heavy atom. The molecule has 0 heterocycles. The van der Waals surface area contributed by atoms with Crippen molar-refractivity contribution in [3.63, 3.8) is 0 Å². The number of halogens is 2. The Morgan fingerprint density at radius 2 is 2.00 bits per heavy atom. The number of nitrogens with one attached hydrogen (secondary N) is 1. The van der Waals surface area contributed by atoms with E-state index in [1.54, 1.807) is 6.07 Å². The molecular weight excluding hydrogens is 261 g/mol. The molecule has 1 aromatic carbocycles. The Hall–Kier alpha value is -0.860. The maximum absolute atomic E-state index is 14.2. The predicted molar refractivity (Wildman–Crippen MR) is 79.0 cm³/mol. The summed E-state index contributed by atoms with van der Waals surface area (Å²) < 4.78 is 14.2. The number of hydrogen-bond donors (Lipinski definition) is 1. The summed E-state index contributed by atoms with van der Waals surface area (Å²) in [5, 5.41) is 3.44. The van der Waals surface area contributed by atoms with Gasteiger partial charge >= 0.3 is 0 Å². The van der Waals surface area contributed by atoms with Crippen LogP contribution in [-0.4, -0.2) is 7.05 Å². The molecule has 1 nitrogen and oxygen atoms in total. The average Bonchev–Trinajstić information content (AvgIpc) is 2.37. The van der Waals surface area contributed by atoms with E-state index in [9.17, 15) is 4.39 Å². The molecule has 0 fully saturated rings. The molecule has 1 aliphatic carbocycles. The van der Waals surface area contributed by atoms with E-state index >= 15 is 0 Å². The number of hydrogen-bond acceptors (Lipinski definition) is 1. The van der Waals surface area contributed by atoms with Gasteiger partial charge in [0.05, 0.1) is 11.1 Å². The molecule has 0 spiro atoms. The van der Waals surface area contributed by atoms with Crippen molar-refractivity contribution in [3.05, 3.63) is 46.3 Å². The maximum atomic E-state index is 14.2. The zero-order valence-electron chi connectivity index (χ0n) is 11.4. The second kappa shape index (κ2) is 7.06. The van der Waals surface area contributed by atoms with Gasteiger partial charge in [0.25, 0.3) is 0 Å². The smallest absolute Gasteiger partial charge is 0.146 e. The summed E-state index contributed by atoms with van der Waals surface area (Å²) >= 11 is 5.89. The Labute approximate surface area is 119 Å². The lowest BCUT2D eigenvalue weighted by Crippen LogP contribution is -2.20. The highest BCUT2D eigenvalue weighted by atomic mass is 35.5. The van der Waals surface area contributed by atoms with Crippen molar-refractivity contribution in [2.24, 2.45) is 0 Å². The number of benzene rings is 1. The Morgan fingerprint density at radius 1 is 1.21 bits per heavy atom. The highest BCUT2D eigenvalue weighted by molar-refractivity contribution is 6.30. The zero-order chi connectivity index (χ0) is 13.7. The second-order valence-electron chi connectivity index (χ2n) is 5.10. The van der Waals surface area contributed by atoms with Gasteiger partial charge in [-0.15, -0.1) is 0 Å². The standard InChI is InChI=1S/C16H21ClFN/c1-19-16(12-8-5-3-2-4-6-9-12)13-10-7-11-14(17)15(13)18/h7-8,10-11,16,19H,2-6,9H2,1H3/b12-8+. The number of rotatable bonds is 3. The Kier molecular flexibility index (Phi) is 5.41. The van der Waals surface area contributed by atoms with Crippen molar-refractivity contribution in [2.75, 3.05) is 7.05 Å². The summed E-state index contributed by atoms with van der Waals surface area (Å²) in [6.45, 7) is 0. The summed E-state index contributed by atoms with van der Waals surface area (Å²) in [6.07, 6.45) is 9.41. The lowest BCUT2D eigenvalue weighted by atomic mass is 9.91. The molecule has 19 heavy (non-hydrogen) atoms. The second-order valence-corrected chi connectivity index (χ2v) is 5.50. The normalized spacial score (nSPS) is 21.1. The van der Waals surface area contributed by atoms with Crippen LogP contribution in [-0.2, 0) is 0 Å². The fourth-order valence-corrected chi connectivity index (χ4v) is 2.94. The molecule has 1 atom stereocenters. The van der Waals surface area contributed by atoms with E-state index in [1.165, 1.54) is 31.3 Å². The van der Waals surface area contributed by atoms with E-state index in [0.29, 0.717) is 5.56 Å². The first-order chi connectivity index (χ1) is 9.24. The highest BCUT2D eigenvalue weighted by Gasteiger charge is 2.20. The molecule has 3 heteroatoms. The third-order valence-electron chi connectivity index (χ3n) is 3.78. The predicted octanol–water partition coefficient (Wildman–Crippen LogP) is 5.02. The molecule has 0 aliphatic heterocycles. The third-order valence-corrected chi connectivity index (χ3v) is 4.07. The van der Waals surface area contributed by atoms with Crippen LogP contribution in [0.3, 0.4) is 0 Å². The van der Waals surface area contributed by atoms with E-state index in [0.717, 1.165) is 12.8 Å². The molecule has 1 aromatic rings. The minimum absolute atomic E-state index is 0.0585. The summed E-state index contributed by atoms with van der Waals surface area (Å²) in [5.74, 6) is -0.300. The van der Waals surface area contributed by atoms with E-state index in [1.807, 2.05) is 19.2 Å². The van der Waals surface area contributed by atoms with Crippen molar-refractivity contribution >= 4 is 11.6 Å². The molecule has 104 valence electrons. The van der Waals surface area contributed by atoms with Gasteiger partial charge in [-0.2, -0.15) is 0 Å². The first-order valence-electron chi connectivity index (χ1n) is 7.04. The van der Waals surface area contributed by atoms with Gasteiger partial charge in [0.15, 0.2) is 0 Å². The van der Waals surface area contributed by atoms with Crippen molar-refractivity contribution in [1.82, 2.24) is 5.32 Å². The largest absolute Gasteiger partial charge is 0.310 e. The van der Waals surface area contributed by atoms with Crippen LogP contribution in [0.25, 0.3) is 0 Å². The van der Waals surface area contributed by atoms with Crippen LogP contribution in [0, 0.1) is 5.82 Å². The van der Waals surface area contributed by atoms with Crippen molar-refractivity contribution in [3.8, 4) is 0 Å². The molecule has 1 aliphatic rings. The maximum Gasteiger partial charge on any atom is 0.146 e. The zero-order valence-corrected chi connectivity index (χ0v) is 12.1. The minimum Gasteiger partial charge on any atom is -0.310 e. The molecule has 0 saturated carbocycles. The molecule has 0 saturated heterocycles. The van der Waals surface area contributed by atoms with Crippen LogP contribution in [0.2, 0.25) is 5.02 Å². The lowest BCUT2D eigenvalue weighted by Gasteiger charge is -2.23. The van der Waals surface area contributed by atoms with Crippen molar-refractivity contribution in [2.45, 2.75) is 44.6 Å². The molecule has 1 N–H and O–H groups in total. The molecule has 0 radical (unpaired) electrons. The van der Waals surface area contributed by atoms with Crippen LogP contribution in [0.5, 0.6) is 0 Å². The fourth-order valence-electron chi connectivity index (χ4n) is 2.76. The lowest BCUT2D eigenvalue weighted by molar-refractivity contribution is 0.542. The van der Waals surface area contributed by atoms with E-state index in [4.69, 9.17) is 11.6 Å². The third kappa shape index (κ3) is 3.58. The van der Waals surface area contributed by atoms with E-state index in [2.05, 4.69) is 11.4 Å². The average molecular weight is 282 g/mol. The molecule has 0 aromatic heterocycles. The van der Waals surface area contributed by atoms with Crippen LogP contribution in [0.15, 0.2) is 29.8 Å². The van der Waals surface area contributed by atoms with Gasteiger partial charge in [-0.25, -0.2) is 4.39 Å². The number of allylic oxidation sites excluding steroid dienone is 1. The quantitative estimate of drug-likeness (QED) is 0.767. The molecule has 2 rings (SSSR count). The fraction of sp³-hybridized carbons (Fsp3) is 0.500. The van der Waals surface area contributed by atoms with Crippen LogP contribution < -0.4 is 5.32 Å². The minimum atomic E-state index is -0.300. The Bertz CT molecular complexity index is 456. The van der Waals surface area contributed by atoms with Gasteiger partial charge in [-0.05, 0) is 38.8 Å². The van der Waals surface area contributed by atoms with Crippen molar-refractivity contribution in [1.29, 1.82) is 0 Å². The topological polar surface area (TPSA) is 12.0 Å². The van der Waals surface area contributed by atoms with E-state index < -0.39 is 0 Å². The highest BCUT2D eigenvalue weighted by Crippen LogP contribution is 2.31. The summed E-state index contributed by atoms with van der Waals surface area (Å²) in [6, 6.07) is 5.17. The summed E-state index contributed by atoms with van der Waals surface area (Å²) in [7, 11) is 1.88. The molecule has 1 unspecified atom stereocenters. The van der Waals surface area contributed by atoms with Gasteiger partial charge in [-0.1, -0.05) is 48.2 Å². The Balaban J connectivity index is 2.30. The van der Waals surface area contributed by atoms with Gasteiger partial charge < -0.3 is 5.32 Å². The summed E-state index contributed by atoms with van der Waals surface area (Å²) in [4.78, 5) is 0. The van der Waals surface area contributed by atoms with Gasteiger partial charge in [0.2, 0.25) is 0 Å². The van der Waals surface area contributed by atoms with Crippen LogP contribution in [0.1, 0.15) is 50.1 Å². The van der Waals surface area contributed by atoms with Gasteiger partial charge in [0, 0.05) is 5.56 Å². The van der Waals surface area contributed by atoms with E-state index in [-0.39, 0.29) is 16.9 Å². The monoisotopic (exact) mass is 281 g/mol. The van der Waals surface area contributed by atoms with Crippen LogP contribution >= 0.6 is 11.6 Å². The SMILES string of the molecule is CNC(/C1=C/CCCCCC1)c1cccc(Cl)c1F. The molecule has 0 bridgehead atoms. The first-order valence-corrected chi connectivity index (χ1v) is 7.42. The van der Waals surface area contributed by atoms with Gasteiger partial charge in [-0.3, -0.25) is 0 Å². The molecule has 0 amide bonds.